The molecule has 0 saturated carbocycles. The molecule has 45 heavy (non-hydrogen) atoms. The molecule has 0 amide bonds. The van der Waals surface area contributed by atoms with Crippen molar-refractivity contribution in [3.8, 4) is 22.5 Å². The molecule has 5 nitrogen and oxygen atoms in total. The first kappa shape index (κ1) is 24.3. The summed E-state index contributed by atoms with van der Waals surface area (Å²) in [6, 6.07) is 47.1. The molecule has 0 radical (unpaired) electrons. The third kappa shape index (κ3) is 3.49. The Labute approximate surface area is 257 Å². The van der Waals surface area contributed by atoms with E-state index in [1.807, 2.05) is 30.6 Å². The van der Waals surface area contributed by atoms with Crippen LogP contribution in [0.5, 0.6) is 0 Å². The predicted molar refractivity (Wildman–Crippen MR) is 183 cm³/mol. The minimum Gasteiger partial charge on any atom is -0.454 e. The van der Waals surface area contributed by atoms with Gasteiger partial charge in [0.15, 0.2) is 5.58 Å². The Morgan fingerprint density at radius 2 is 1.07 bits per heavy atom. The SMILES string of the molecule is c1ccc(-n2c3ccc(-c4ccc5c(c4)c4ccccc4n5-c4ccc5oc6cccnc6c5c4)cc3c3ncccc32)cc1. The second kappa shape index (κ2) is 9.15. The maximum absolute atomic E-state index is 6.07. The third-order valence-corrected chi connectivity index (χ3v) is 9.01. The molecule has 0 N–H and O–H groups in total. The van der Waals surface area contributed by atoms with Crippen molar-refractivity contribution in [1.82, 2.24) is 19.1 Å². The number of pyridine rings is 2. The van der Waals surface area contributed by atoms with Crippen LogP contribution in [0.3, 0.4) is 0 Å². The Kier molecular flexibility index (Phi) is 4.93. The van der Waals surface area contributed by atoms with Crippen molar-refractivity contribution in [2.24, 2.45) is 0 Å². The maximum Gasteiger partial charge on any atom is 0.153 e. The Morgan fingerprint density at radius 1 is 0.400 bits per heavy atom. The van der Waals surface area contributed by atoms with Crippen LogP contribution in [-0.2, 0) is 0 Å². The number of aromatic nitrogens is 4. The van der Waals surface area contributed by atoms with Crippen LogP contribution in [0.4, 0.5) is 0 Å². The zero-order chi connectivity index (χ0) is 29.5. The van der Waals surface area contributed by atoms with Gasteiger partial charge in [-0.25, -0.2) is 0 Å². The van der Waals surface area contributed by atoms with Gasteiger partial charge in [0, 0.05) is 45.3 Å². The van der Waals surface area contributed by atoms with Crippen molar-refractivity contribution in [2.75, 3.05) is 0 Å². The lowest BCUT2D eigenvalue weighted by molar-refractivity contribution is 0.668. The van der Waals surface area contributed by atoms with E-state index in [4.69, 9.17) is 9.40 Å². The molecule has 0 bridgehead atoms. The minimum atomic E-state index is 0.801. The van der Waals surface area contributed by atoms with E-state index in [1.165, 1.54) is 16.3 Å². The van der Waals surface area contributed by atoms with E-state index in [1.54, 1.807) is 0 Å². The monoisotopic (exact) mass is 576 g/mol. The predicted octanol–water partition coefficient (Wildman–Crippen LogP) is 10.2. The highest BCUT2D eigenvalue weighted by Gasteiger charge is 2.17. The molecule has 0 aliphatic heterocycles. The highest BCUT2D eigenvalue weighted by atomic mass is 16.3. The van der Waals surface area contributed by atoms with Crippen molar-refractivity contribution in [3.63, 3.8) is 0 Å². The van der Waals surface area contributed by atoms with E-state index in [-0.39, 0.29) is 0 Å². The normalized spacial score (nSPS) is 12.0. The van der Waals surface area contributed by atoms with Gasteiger partial charge in [0.05, 0.1) is 27.6 Å². The Bertz CT molecular complexity index is 2770. The summed E-state index contributed by atoms with van der Waals surface area (Å²) in [5.41, 5.74) is 12.6. The molecule has 10 rings (SSSR count). The summed E-state index contributed by atoms with van der Waals surface area (Å²) in [6.45, 7) is 0. The number of fused-ring (bicyclic) bond motifs is 9. The van der Waals surface area contributed by atoms with Crippen molar-refractivity contribution in [1.29, 1.82) is 0 Å². The second-order valence-electron chi connectivity index (χ2n) is 11.5. The molecule has 5 heteroatoms. The van der Waals surface area contributed by atoms with Crippen LogP contribution in [0.1, 0.15) is 0 Å². The van der Waals surface area contributed by atoms with Gasteiger partial charge in [-0.3, -0.25) is 9.97 Å². The quantitative estimate of drug-likeness (QED) is 0.210. The van der Waals surface area contributed by atoms with E-state index in [9.17, 15) is 0 Å². The van der Waals surface area contributed by atoms with Gasteiger partial charge in [0.1, 0.15) is 11.1 Å². The first-order valence-corrected chi connectivity index (χ1v) is 15.1. The topological polar surface area (TPSA) is 48.8 Å². The summed E-state index contributed by atoms with van der Waals surface area (Å²) in [4.78, 5) is 9.43. The van der Waals surface area contributed by atoms with Gasteiger partial charge in [-0.1, -0.05) is 48.5 Å². The number of nitrogens with zero attached hydrogens (tertiary/aromatic N) is 4. The van der Waals surface area contributed by atoms with Crippen LogP contribution in [0.25, 0.3) is 88.3 Å². The zero-order valence-electron chi connectivity index (χ0n) is 24.1. The largest absolute Gasteiger partial charge is 0.454 e. The highest BCUT2D eigenvalue weighted by molar-refractivity contribution is 6.12. The fraction of sp³-hybridized carbons (Fsp3) is 0. The summed E-state index contributed by atoms with van der Waals surface area (Å²) in [6.07, 6.45) is 3.70. The molecule has 5 aromatic heterocycles. The molecule has 5 heterocycles. The lowest BCUT2D eigenvalue weighted by Crippen LogP contribution is -1.93. The minimum absolute atomic E-state index is 0.801. The van der Waals surface area contributed by atoms with Crippen LogP contribution in [0.2, 0.25) is 0 Å². The molecule has 0 spiro atoms. The molecule has 0 atom stereocenters. The third-order valence-electron chi connectivity index (χ3n) is 9.01. The molecule has 0 aliphatic rings. The molecule has 0 fully saturated rings. The van der Waals surface area contributed by atoms with E-state index in [0.29, 0.717) is 0 Å². The maximum atomic E-state index is 6.07. The standard InChI is InChI=1S/C40H24N4O/c1-2-8-27(9-3-1)43-35-18-15-26(23-31(35)39-36(43)12-6-20-41-39)25-14-17-34-30(22-25)29-10-4-5-11-33(29)44(34)28-16-19-37-32(24-28)40-38(45-37)13-7-21-42-40/h1-24H. The summed E-state index contributed by atoms with van der Waals surface area (Å²) in [5, 5.41) is 4.59. The zero-order valence-corrected chi connectivity index (χ0v) is 24.1. The molecule has 5 aromatic carbocycles. The first-order valence-electron chi connectivity index (χ1n) is 15.1. The highest BCUT2D eigenvalue weighted by Crippen LogP contribution is 2.38. The second-order valence-corrected chi connectivity index (χ2v) is 11.5. The molecular formula is C40H24N4O. The van der Waals surface area contributed by atoms with Gasteiger partial charge in [0.2, 0.25) is 0 Å². The van der Waals surface area contributed by atoms with Crippen LogP contribution in [0.15, 0.2) is 150 Å². The Balaban J connectivity index is 1.18. The number of hydrogen-bond acceptors (Lipinski definition) is 3. The molecular weight excluding hydrogens is 552 g/mol. The van der Waals surface area contributed by atoms with Crippen molar-refractivity contribution in [2.45, 2.75) is 0 Å². The summed E-state index contributed by atoms with van der Waals surface area (Å²) in [7, 11) is 0. The number of hydrogen-bond donors (Lipinski definition) is 0. The molecule has 0 saturated heterocycles. The number of rotatable bonds is 3. The summed E-state index contributed by atoms with van der Waals surface area (Å²) >= 11 is 0. The van der Waals surface area contributed by atoms with Gasteiger partial charge in [-0.05, 0) is 96.1 Å². The van der Waals surface area contributed by atoms with Crippen LogP contribution in [0, 0.1) is 0 Å². The van der Waals surface area contributed by atoms with Crippen molar-refractivity contribution < 1.29 is 4.42 Å². The molecule has 0 aliphatic carbocycles. The van der Waals surface area contributed by atoms with Crippen molar-refractivity contribution >= 4 is 65.8 Å². The smallest absolute Gasteiger partial charge is 0.153 e. The van der Waals surface area contributed by atoms with Gasteiger partial charge in [-0.15, -0.1) is 0 Å². The van der Waals surface area contributed by atoms with Gasteiger partial charge in [0.25, 0.3) is 0 Å². The van der Waals surface area contributed by atoms with E-state index < -0.39 is 0 Å². The number of furan rings is 1. The molecule has 210 valence electrons. The fourth-order valence-electron chi connectivity index (χ4n) is 7.03. The van der Waals surface area contributed by atoms with Crippen molar-refractivity contribution in [3.05, 3.63) is 146 Å². The average molecular weight is 577 g/mol. The fourth-order valence-corrected chi connectivity index (χ4v) is 7.03. The number of para-hydroxylation sites is 2. The lowest BCUT2D eigenvalue weighted by Gasteiger charge is -2.09. The van der Waals surface area contributed by atoms with Gasteiger partial charge >= 0.3 is 0 Å². The van der Waals surface area contributed by atoms with Gasteiger partial charge < -0.3 is 13.6 Å². The van der Waals surface area contributed by atoms with E-state index in [2.05, 4.69) is 129 Å². The van der Waals surface area contributed by atoms with E-state index in [0.717, 1.165) is 72.0 Å². The molecule has 0 unspecified atom stereocenters. The van der Waals surface area contributed by atoms with Crippen LogP contribution < -0.4 is 0 Å². The average Bonchev–Trinajstić information content (AvgIpc) is 3.75. The van der Waals surface area contributed by atoms with Crippen LogP contribution >= 0.6 is 0 Å². The lowest BCUT2D eigenvalue weighted by atomic mass is 10.0. The molecule has 10 aromatic rings. The summed E-state index contributed by atoms with van der Waals surface area (Å²) in [5.74, 6) is 0. The van der Waals surface area contributed by atoms with Gasteiger partial charge in [-0.2, -0.15) is 0 Å². The Morgan fingerprint density at radius 3 is 1.93 bits per heavy atom. The van der Waals surface area contributed by atoms with E-state index >= 15 is 0 Å². The first-order chi connectivity index (χ1) is 22.3. The number of benzene rings is 5. The van der Waals surface area contributed by atoms with Crippen LogP contribution in [-0.4, -0.2) is 19.1 Å². The summed E-state index contributed by atoms with van der Waals surface area (Å²) < 4.78 is 10.7. The Hall–Kier alpha value is -6.20.